The molecule has 0 aliphatic carbocycles. The van der Waals surface area contributed by atoms with E-state index in [0.29, 0.717) is 11.8 Å². The number of carbonyl (C=O) groups excluding carboxylic acids is 1. The van der Waals surface area contributed by atoms with Gasteiger partial charge in [-0.2, -0.15) is 0 Å². The number of ether oxygens (including phenoxy) is 2. The monoisotopic (exact) mass is 321 g/mol. The minimum Gasteiger partial charge on any atom is -0.457 e. The lowest BCUT2D eigenvalue weighted by Crippen LogP contribution is -2.38. The van der Waals surface area contributed by atoms with Crippen LogP contribution < -0.4 is 10.5 Å². The molecule has 1 aromatic rings. The zero-order valence-electron chi connectivity index (χ0n) is 15.3. The van der Waals surface area contributed by atoms with Gasteiger partial charge in [0.2, 0.25) is 6.79 Å². The number of benzene rings is 1. The van der Waals surface area contributed by atoms with Gasteiger partial charge >= 0.3 is 5.97 Å². The second-order valence-corrected chi connectivity index (χ2v) is 6.71. The topological polar surface area (TPSA) is 61.6 Å². The van der Waals surface area contributed by atoms with Crippen LogP contribution in [0.2, 0.25) is 0 Å². The van der Waals surface area contributed by atoms with E-state index in [0.717, 1.165) is 23.3 Å². The molecule has 1 rings (SSSR count). The molecule has 0 aliphatic rings. The van der Waals surface area contributed by atoms with Crippen LogP contribution >= 0.6 is 0 Å². The van der Waals surface area contributed by atoms with Crippen LogP contribution in [-0.2, 0) is 9.53 Å². The van der Waals surface area contributed by atoms with Gasteiger partial charge in [0.25, 0.3) is 0 Å². The molecule has 0 saturated carbocycles. The first-order chi connectivity index (χ1) is 10.8. The number of esters is 1. The van der Waals surface area contributed by atoms with Gasteiger partial charge in [-0.25, -0.2) is 0 Å². The van der Waals surface area contributed by atoms with Gasteiger partial charge in [-0.15, -0.1) is 0 Å². The third-order valence-electron chi connectivity index (χ3n) is 4.25. The van der Waals surface area contributed by atoms with E-state index in [9.17, 15) is 4.79 Å². The van der Waals surface area contributed by atoms with Gasteiger partial charge in [0.15, 0.2) is 0 Å². The number of para-hydroxylation sites is 1. The molecule has 0 amide bonds. The zero-order chi connectivity index (χ0) is 17.6. The lowest BCUT2D eigenvalue weighted by Gasteiger charge is -2.21. The first-order valence-electron chi connectivity index (χ1n) is 8.47. The molecule has 0 aromatic heterocycles. The molecule has 0 spiro atoms. The first-order valence-corrected chi connectivity index (χ1v) is 8.47. The Balaban J connectivity index is 2.79. The molecule has 1 aromatic carbocycles. The molecule has 130 valence electrons. The van der Waals surface area contributed by atoms with Crippen LogP contribution in [0.15, 0.2) is 18.2 Å². The lowest BCUT2D eigenvalue weighted by molar-refractivity contribution is -0.153. The second kappa shape index (κ2) is 8.92. The zero-order valence-corrected chi connectivity index (χ0v) is 15.3. The highest BCUT2D eigenvalue weighted by atomic mass is 16.7. The smallest absolute Gasteiger partial charge is 0.326 e. The van der Waals surface area contributed by atoms with Crippen LogP contribution in [0, 0.1) is 5.92 Å². The molecule has 2 N–H and O–H groups in total. The molecule has 0 heterocycles. The number of carbonyl (C=O) groups is 1. The first kappa shape index (κ1) is 19.5. The van der Waals surface area contributed by atoms with Crippen LogP contribution in [0.5, 0.6) is 5.75 Å². The van der Waals surface area contributed by atoms with Crippen LogP contribution in [-0.4, -0.2) is 18.8 Å². The third-order valence-corrected chi connectivity index (χ3v) is 4.25. The second-order valence-electron chi connectivity index (χ2n) is 6.71. The molecule has 2 atom stereocenters. The van der Waals surface area contributed by atoms with Crippen molar-refractivity contribution in [2.45, 2.75) is 65.8 Å². The lowest BCUT2D eigenvalue weighted by atomic mass is 9.94. The van der Waals surface area contributed by atoms with E-state index < -0.39 is 12.0 Å². The van der Waals surface area contributed by atoms with Crippen molar-refractivity contribution < 1.29 is 14.3 Å². The molecule has 4 nitrogen and oxygen atoms in total. The summed E-state index contributed by atoms with van der Waals surface area (Å²) < 4.78 is 11.0. The highest BCUT2D eigenvalue weighted by Crippen LogP contribution is 2.34. The molecule has 2 unspecified atom stereocenters. The SMILES string of the molecule is CCC(C)C(N)C(=O)OCOc1c(C(C)C)cccc1C(C)C. The van der Waals surface area contributed by atoms with Gasteiger partial charge in [-0.1, -0.05) is 66.2 Å². The number of hydrogen-bond donors (Lipinski definition) is 1. The summed E-state index contributed by atoms with van der Waals surface area (Å²) in [5, 5.41) is 0. The van der Waals surface area contributed by atoms with Gasteiger partial charge in [0, 0.05) is 0 Å². The Hall–Kier alpha value is -1.55. The summed E-state index contributed by atoms with van der Waals surface area (Å²) in [7, 11) is 0. The van der Waals surface area contributed by atoms with E-state index in [1.54, 1.807) is 0 Å². The van der Waals surface area contributed by atoms with E-state index in [-0.39, 0.29) is 12.7 Å². The molecular weight excluding hydrogens is 290 g/mol. The highest BCUT2D eigenvalue weighted by molar-refractivity contribution is 5.75. The summed E-state index contributed by atoms with van der Waals surface area (Å²) in [6, 6.07) is 5.55. The van der Waals surface area contributed by atoms with E-state index in [1.807, 2.05) is 19.9 Å². The summed E-state index contributed by atoms with van der Waals surface area (Å²) in [6.45, 7) is 12.3. The van der Waals surface area contributed by atoms with E-state index in [1.165, 1.54) is 0 Å². The summed E-state index contributed by atoms with van der Waals surface area (Å²) in [4.78, 5) is 11.9. The molecule has 0 radical (unpaired) electrons. The van der Waals surface area contributed by atoms with Gasteiger partial charge in [-0.3, -0.25) is 4.79 Å². The van der Waals surface area contributed by atoms with Crippen molar-refractivity contribution in [3.8, 4) is 5.75 Å². The maximum Gasteiger partial charge on any atom is 0.326 e. The molecule has 4 heteroatoms. The van der Waals surface area contributed by atoms with Gasteiger partial charge in [0.05, 0.1) is 0 Å². The minimum absolute atomic E-state index is 0.0941. The molecule has 0 saturated heterocycles. The summed E-state index contributed by atoms with van der Waals surface area (Å²) in [5.41, 5.74) is 8.12. The molecule has 0 aliphatic heterocycles. The van der Waals surface area contributed by atoms with Crippen LogP contribution in [0.1, 0.15) is 70.9 Å². The van der Waals surface area contributed by atoms with Crippen molar-refractivity contribution in [1.29, 1.82) is 0 Å². The fourth-order valence-corrected chi connectivity index (χ4v) is 2.38. The largest absolute Gasteiger partial charge is 0.457 e. The van der Waals surface area contributed by atoms with Crippen molar-refractivity contribution >= 4 is 5.97 Å². The predicted molar refractivity (Wildman–Crippen MR) is 93.6 cm³/mol. The Morgan fingerprint density at radius 2 is 1.61 bits per heavy atom. The number of hydrogen-bond acceptors (Lipinski definition) is 4. The highest BCUT2D eigenvalue weighted by Gasteiger charge is 2.21. The molecule has 23 heavy (non-hydrogen) atoms. The molecule has 0 fully saturated rings. The average molecular weight is 321 g/mol. The minimum atomic E-state index is -0.603. The normalized spacial score (nSPS) is 14.0. The quantitative estimate of drug-likeness (QED) is 0.576. The Kier molecular flexibility index (Phi) is 7.56. The van der Waals surface area contributed by atoms with Crippen molar-refractivity contribution in [2.75, 3.05) is 6.79 Å². The third kappa shape index (κ3) is 5.24. The van der Waals surface area contributed by atoms with Crippen LogP contribution in [0.3, 0.4) is 0 Å². The Morgan fingerprint density at radius 1 is 1.09 bits per heavy atom. The van der Waals surface area contributed by atoms with Crippen molar-refractivity contribution in [3.63, 3.8) is 0 Å². The van der Waals surface area contributed by atoms with E-state index >= 15 is 0 Å². The van der Waals surface area contributed by atoms with Crippen molar-refractivity contribution in [3.05, 3.63) is 29.3 Å². The predicted octanol–water partition coefficient (Wildman–Crippen LogP) is 4.19. The van der Waals surface area contributed by atoms with Crippen LogP contribution in [0.4, 0.5) is 0 Å². The van der Waals surface area contributed by atoms with Crippen LogP contribution in [0.25, 0.3) is 0 Å². The average Bonchev–Trinajstić information content (AvgIpc) is 2.52. The Labute approximate surface area is 140 Å². The molecule has 0 bridgehead atoms. The Morgan fingerprint density at radius 3 is 2.04 bits per heavy atom. The van der Waals surface area contributed by atoms with Crippen molar-refractivity contribution in [2.24, 2.45) is 11.7 Å². The fourth-order valence-electron chi connectivity index (χ4n) is 2.38. The standard InChI is InChI=1S/C19H31NO3/c1-7-14(6)17(20)19(21)23-11-22-18-15(12(2)3)9-8-10-16(18)13(4)5/h8-10,12-14,17H,7,11,20H2,1-6H3. The van der Waals surface area contributed by atoms with E-state index in [4.69, 9.17) is 15.2 Å². The summed E-state index contributed by atoms with van der Waals surface area (Å²) in [6.07, 6.45) is 0.838. The maximum absolute atomic E-state index is 11.9. The fraction of sp³-hybridized carbons (Fsp3) is 0.632. The number of rotatable bonds is 8. The maximum atomic E-state index is 11.9. The number of nitrogens with two attached hydrogens (primary N) is 1. The Bertz CT molecular complexity index is 485. The molecular formula is C19H31NO3. The van der Waals surface area contributed by atoms with E-state index in [2.05, 4.69) is 39.8 Å². The summed E-state index contributed by atoms with van der Waals surface area (Å²) in [5.74, 6) is 1.18. The summed E-state index contributed by atoms with van der Waals surface area (Å²) >= 11 is 0. The van der Waals surface area contributed by atoms with Gasteiger partial charge in [-0.05, 0) is 28.9 Å². The van der Waals surface area contributed by atoms with Crippen molar-refractivity contribution in [1.82, 2.24) is 0 Å². The van der Waals surface area contributed by atoms with Gasteiger partial charge in [0.1, 0.15) is 11.8 Å². The van der Waals surface area contributed by atoms with Gasteiger partial charge < -0.3 is 15.2 Å².